The first kappa shape index (κ1) is 13.7. The summed E-state index contributed by atoms with van der Waals surface area (Å²) in [5.41, 5.74) is 1.06. The molecule has 1 fully saturated rings. The average molecular weight is 227 g/mol. The van der Waals surface area contributed by atoms with E-state index in [4.69, 9.17) is 4.74 Å². The second kappa shape index (κ2) is 6.38. The van der Waals surface area contributed by atoms with Gasteiger partial charge in [0.15, 0.2) is 0 Å². The van der Waals surface area contributed by atoms with Crippen LogP contribution < -0.4 is 0 Å². The molecule has 3 nitrogen and oxygen atoms in total. The molecule has 16 heavy (non-hydrogen) atoms. The third-order valence-corrected chi connectivity index (χ3v) is 3.35. The third kappa shape index (κ3) is 4.24. The minimum Gasteiger partial charge on any atom is -0.393 e. The highest BCUT2D eigenvalue weighted by atomic mass is 16.5. The highest BCUT2D eigenvalue weighted by molar-refractivity contribution is 4.88. The fourth-order valence-electron chi connectivity index (χ4n) is 2.00. The molecule has 1 unspecified atom stereocenters. The lowest BCUT2D eigenvalue weighted by Crippen LogP contribution is -2.46. The summed E-state index contributed by atoms with van der Waals surface area (Å²) in [6.07, 6.45) is 1.89. The molecule has 0 aromatic carbocycles. The number of aliphatic hydroxyl groups excluding tert-OH is 1. The van der Waals surface area contributed by atoms with Crippen molar-refractivity contribution in [2.24, 2.45) is 0 Å². The summed E-state index contributed by atoms with van der Waals surface area (Å²) in [7, 11) is 0. The first-order valence-corrected chi connectivity index (χ1v) is 6.18. The van der Waals surface area contributed by atoms with Gasteiger partial charge in [-0.3, -0.25) is 4.90 Å². The van der Waals surface area contributed by atoms with Crippen molar-refractivity contribution in [3.63, 3.8) is 0 Å². The minimum atomic E-state index is -0.102. The predicted octanol–water partition coefficient (Wildman–Crippen LogP) is 1.81. The van der Waals surface area contributed by atoms with Crippen LogP contribution in [0.4, 0.5) is 0 Å². The molecule has 0 spiro atoms. The summed E-state index contributed by atoms with van der Waals surface area (Å²) in [6, 6.07) is 0.409. The van der Waals surface area contributed by atoms with Gasteiger partial charge in [0.05, 0.1) is 18.8 Å². The molecule has 1 saturated heterocycles. The van der Waals surface area contributed by atoms with Gasteiger partial charge in [0, 0.05) is 19.1 Å². The maximum absolute atomic E-state index is 9.45. The number of ether oxygens (including phenoxy) is 1. The maximum Gasteiger partial charge on any atom is 0.0703 e. The molecule has 0 saturated carbocycles. The Morgan fingerprint density at radius 1 is 1.44 bits per heavy atom. The Morgan fingerprint density at radius 3 is 2.50 bits per heavy atom. The second-order valence-corrected chi connectivity index (χ2v) is 4.98. The van der Waals surface area contributed by atoms with Crippen molar-refractivity contribution in [1.82, 2.24) is 4.90 Å². The van der Waals surface area contributed by atoms with E-state index in [1.54, 1.807) is 0 Å². The van der Waals surface area contributed by atoms with Gasteiger partial charge in [-0.05, 0) is 33.6 Å². The third-order valence-electron chi connectivity index (χ3n) is 3.35. The first-order chi connectivity index (χ1) is 7.50. The molecule has 0 bridgehead atoms. The van der Waals surface area contributed by atoms with Crippen LogP contribution in [0.3, 0.4) is 0 Å². The average Bonchev–Trinajstić information content (AvgIpc) is 2.26. The molecule has 1 heterocycles. The van der Waals surface area contributed by atoms with Gasteiger partial charge in [0.1, 0.15) is 0 Å². The van der Waals surface area contributed by atoms with Crippen LogP contribution in [0.2, 0.25) is 0 Å². The van der Waals surface area contributed by atoms with Crippen LogP contribution in [0.1, 0.15) is 33.6 Å². The number of hydrogen-bond donors (Lipinski definition) is 1. The highest BCUT2D eigenvalue weighted by Crippen LogP contribution is 2.16. The molecule has 2 atom stereocenters. The fraction of sp³-hybridized carbons (Fsp3) is 0.846. The fourth-order valence-corrected chi connectivity index (χ4v) is 2.00. The van der Waals surface area contributed by atoms with Gasteiger partial charge in [-0.15, -0.1) is 0 Å². The van der Waals surface area contributed by atoms with Crippen molar-refractivity contribution in [3.05, 3.63) is 12.2 Å². The molecule has 94 valence electrons. The molecule has 0 aliphatic carbocycles. The van der Waals surface area contributed by atoms with Crippen LogP contribution in [0, 0.1) is 0 Å². The molecular formula is C13H25NO2. The van der Waals surface area contributed by atoms with E-state index in [0.29, 0.717) is 12.6 Å². The molecule has 1 rings (SSSR count). The summed E-state index contributed by atoms with van der Waals surface area (Å²) in [5, 5.41) is 9.45. The molecule has 1 aliphatic heterocycles. The van der Waals surface area contributed by atoms with Gasteiger partial charge in [0.25, 0.3) is 0 Å². The van der Waals surface area contributed by atoms with Crippen LogP contribution in [0.25, 0.3) is 0 Å². The standard InChI is InChI=1S/C13H25NO2/c1-10(2)9-16-12(4)11(3)14-7-5-13(15)6-8-14/h11-13,15H,1,5-9H2,2-4H3/t11-,12?/m0/s1. The summed E-state index contributed by atoms with van der Waals surface area (Å²) in [4.78, 5) is 2.40. The van der Waals surface area contributed by atoms with Gasteiger partial charge in [-0.2, -0.15) is 0 Å². The smallest absolute Gasteiger partial charge is 0.0703 e. The summed E-state index contributed by atoms with van der Waals surface area (Å²) in [6.45, 7) is 12.7. The minimum absolute atomic E-state index is 0.102. The van der Waals surface area contributed by atoms with Crippen molar-refractivity contribution < 1.29 is 9.84 Å². The van der Waals surface area contributed by atoms with E-state index < -0.39 is 0 Å². The number of piperidine rings is 1. The van der Waals surface area contributed by atoms with Crippen molar-refractivity contribution in [1.29, 1.82) is 0 Å². The van der Waals surface area contributed by atoms with Gasteiger partial charge in [0.2, 0.25) is 0 Å². The van der Waals surface area contributed by atoms with Gasteiger partial charge in [-0.25, -0.2) is 0 Å². The van der Waals surface area contributed by atoms with Crippen LogP contribution in [0.15, 0.2) is 12.2 Å². The first-order valence-electron chi connectivity index (χ1n) is 6.18. The van der Waals surface area contributed by atoms with E-state index in [1.165, 1.54) is 0 Å². The Kier molecular flexibility index (Phi) is 5.46. The Hall–Kier alpha value is -0.380. The van der Waals surface area contributed by atoms with Gasteiger partial charge in [-0.1, -0.05) is 12.2 Å². The lowest BCUT2D eigenvalue weighted by Gasteiger charge is -2.37. The van der Waals surface area contributed by atoms with E-state index in [9.17, 15) is 5.11 Å². The maximum atomic E-state index is 9.45. The monoisotopic (exact) mass is 227 g/mol. The topological polar surface area (TPSA) is 32.7 Å². The molecule has 1 aliphatic rings. The zero-order valence-corrected chi connectivity index (χ0v) is 10.8. The van der Waals surface area contributed by atoms with Crippen LogP contribution in [-0.2, 0) is 4.74 Å². The number of aliphatic hydroxyl groups is 1. The van der Waals surface area contributed by atoms with Crippen LogP contribution in [0.5, 0.6) is 0 Å². The van der Waals surface area contributed by atoms with E-state index in [-0.39, 0.29) is 12.2 Å². The van der Waals surface area contributed by atoms with Crippen molar-refractivity contribution in [2.75, 3.05) is 19.7 Å². The zero-order chi connectivity index (χ0) is 12.1. The molecule has 0 aromatic heterocycles. The largest absolute Gasteiger partial charge is 0.393 e. The Balaban J connectivity index is 2.32. The molecule has 1 N–H and O–H groups in total. The van der Waals surface area contributed by atoms with Crippen molar-refractivity contribution in [2.45, 2.75) is 51.9 Å². The molecule has 0 aromatic rings. The van der Waals surface area contributed by atoms with E-state index >= 15 is 0 Å². The highest BCUT2D eigenvalue weighted by Gasteiger charge is 2.24. The summed E-state index contributed by atoms with van der Waals surface area (Å²) in [5.74, 6) is 0. The second-order valence-electron chi connectivity index (χ2n) is 4.98. The molecule has 3 heteroatoms. The van der Waals surface area contributed by atoms with Crippen LogP contribution in [-0.4, -0.2) is 48.0 Å². The van der Waals surface area contributed by atoms with Gasteiger partial charge < -0.3 is 9.84 Å². The SMILES string of the molecule is C=C(C)COC(C)[C@H](C)N1CCC(O)CC1. The number of hydrogen-bond acceptors (Lipinski definition) is 3. The Morgan fingerprint density at radius 2 is 2.00 bits per heavy atom. The van der Waals surface area contributed by atoms with Gasteiger partial charge >= 0.3 is 0 Å². The van der Waals surface area contributed by atoms with E-state index in [0.717, 1.165) is 31.5 Å². The lowest BCUT2D eigenvalue weighted by atomic mass is 10.0. The normalized spacial score (nSPS) is 23.0. The summed E-state index contributed by atoms with van der Waals surface area (Å²) >= 11 is 0. The van der Waals surface area contributed by atoms with Crippen molar-refractivity contribution >= 4 is 0 Å². The lowest BCUT2D eigenvalue weighted by molar-refractivity contribution is -0.0107. The molecular weight excluding hydrogens is 202 g/mol. The zero-order valence-electron chi connectivity index (χ0n) is 10.8. The number of nitrogens with zero attached hydrogens (tertiary/aromatic N) is 1. The van der Waals surface area contributed by atoms with E-state index in [2.05, 4.69) is 25.3 Å². The molecule has 0 amide bonds. The van der Waals surface area contributed by atoms with Crippen molar-refractivity contribution in [3.8, 4) is 0 Å². The van der Waals surface area contributed by atoms with Crippen LogP contribution >= 0.6 is 0 Å². The Bertz CT molecular complexity index is 222. The van der Waals surface area contributed by atoms with E-state index in [1.807, 2.05) is 6.92 Å². The Labute approximate surface area is 99.1 Å². The number of likely N-dealkylation sites (tertiary alicyclic amines) is 1. The summed E-state index contributed by atoms with van der Waals surface area (Å²) < 4.78 is 5.74. The molecule has 0 radical (unpaired) electrons. The predicted molar refractivity (Wildman–Crippen MR) is 66.5 cm³/mol. The quantitative estimate of drug-likeness (QED) is 0.727. The number of rotatable bonds is 5.